The van der Waals surface area contributed by atoms with Gasteiger partial charge < -0.3 is 10.1 Å². The van der Waals surface area contributed by atoms with Crippen LogP contribution in [0.4, 0.5) is 5.69 Å². The largest absolute Gasteiger partial charge is 0.492 e. The number of benzene rings is 1. The second kappa shape index (κ2) is 6.41. The van der Waals surface area contributed by atoms with Crippen molar-refractivity contribution < 1.29 is 4.74 Å². The van der Waals surface area contributed by atoms with E-state index in [2.05, 4.69) is 44.3 Å². The fraction of sp³-hybridized carbons (Fsp3) is 0.571. The molecule has 0 spiro atoms. The topological polar surface area (TPSA) is 21.3 Å². The quantitative estimate of drug-likeness (QED) is 0.784. The molecule has 0 aliphatic carbocycles. The van der Waals surface area contributed by atoms with Gasteiger partial charge in [-0.3, -0.25) is 0 Å². The van der Waals surface area contributed by atoms with E-state index in [-0.39, 0.29) is 0 Å². The maximum absolute atomic E-state index is 5.65. The summed E-state index contributed by atoms with van der Waals surface area (Å²) in [5, 5.41) is 3.53. The van der Waals surface area contributed by atoms with Crippen molar-refractivity contribution in [3.8, 4) is 5.75 Å². The fourth-order valence-corrected chi connectivity index (χ4v) is 1.74. The zero-order valence-electron chi connectivity index (χ0n) is 10.8. The molecule has 0 aliphatic heterocycles. The first-order valence-electron chi connectivity index (χ1n) is 6.21. The summed E-state index contributed by atoms with van der Waals surface area (Å²) in [7, 11) is 0. The van der Waals surface area contributed by atoms with Crippen LogP contribution < -0.4 is 10.1 Å². The zero-order valence-corrected chi connectivity index (χ0v) is 10.8. The molecule has 2 heteroatoms. The van der Waals surface area contributed by atoms with Gasteiger partial charge in [0.25, 0.3) is 0 Å². The van der Waals surface area contributed by atoms with E-state index in [1.807, 2.05) is 6.92 Å². The molecule has 1 aromatic carbocycles. The van der Waals surface area contributed by atoms with Crippen LogP contribution in [0, 0.1) is 6.92 Å². The van der Waals surface area contributed by atoms with Crippen molar-refractivity contribution in [1.82, 2.24) is 0 Å². The van der Waals surface area contributed by atoms with Crippen LogP contribution in [0.15, 0.2) is 18.2 Å². The molecular formula is C14H23NO. The summed E-state index contributed by atoms with van der Waals surface area (Å²) in [4.78, 5) is 0. The smallest absolute Gasteiger partial charge is 0.142 e. The van der Waals surface area contributed by atoms with Crippen molar-refractivity contribution in [2.75, 3.05) is 11.9 Å². The molecule has 0 atom stereocenters. The molecule has 0 heterocycles. The summed E-state index contributed by atoms with van der Waals surface area (Å²) >= 11 is 0. The Bertz CT molecular complexity index is 319. The molecule has 0 aliphatic rings. The molecule has 0 saturated carbocycles. The van der Waals surface area contributed by atoms with E-state index >= 15 is 0 Å². The average Bonchev–Trinajstić information content (AvgIpc) is 2.29. The number of hydrogen-bond acceptors (Lipinski definition) is 2. The highest BCUT2D eigenvalue weighted by molar-refractivity contribution is 5.58. The summed E-state index contributed by atoms with van der Waals surface area (Å²) in [5.74, 6) is 0.967. The zero-order chi connectivity index (χ0) is 12.0. The number of rotatable bonds is 6. The van der Waals surface area contributed by atoms with Crippen molar-refractivity contribution in [3.05, 3.63) is 23.8 Å². The third-order valence-corrected chi connectivity index (χ3v) is 2.78. The van der Waals surface area contributed by atoms with Gasteiger partial charge in [-0.15, -0.1) is 0 Å². The maximum atomic E-state index is 5.65. The Morgan fingerprint density at radius 1 is 1.19 bits per heavy atom. The third-order valence-electron chi connectivity index (χ3n) is 2.78. The van der Waals surface area contributed by atoms with Crippen LogP contribution in [0.5, 0.6) is 5.75 Å². The SMILES string of the molecule is CCOc1cc(C)ccc1NC(CC)CC. The van der Waals surface area contributed by atoms with Gasteiger partial charge in [-0.2, -0.15) is 0 Å². The Kier molecular flexibility index (Phi) is 5.17. The molecule has 0 saturated heterocycles. The van der Waals surface area contributed by atoms with Crippen LogP contribution in [-0.4, -0.2) is 12.6 Å². The molecule has 0 unspecified atom stereocenters. The molecular weight excluding hydrogens is 198 g/mol. The van der Waals surface area contributed by atoms with E-state index < -0.39 is 0 Å². The van der Waals surface area contributed by atoms with Crippen LogP contribution in [0.25, 0.3) is 0 Å². The van der Waals surface area contributed by atoms with Crippen molar-refractivity contribution in [2.45, 2.75) is 46.6 Å². The van der Waals surface area contributed by atoms with Gasteiger partial charge in [0.15, 0.2) is 0 Å². The number of aryl methyl sites for hydroxylation is 1. The molecule has 0 bridgehead atoms. The molecule has 0 fully saturated rings. The van der Waals surface area contributed by atoms with Crippen molar-refractivity contribution >= 4 is 5.69 Å². The molecule has 0 radical (unpaired) electrons. The molecule has 1 aromatic rings. The lowest BCUT2D eigenvalue weighted by atomic mass is 10.1. The van der Waals surface area contributed by atoms with Crippen molar-refractivity contribution in [1.29, 1.82) is 0 Å². The lowest BCUT2D eigenvalue weighted by Gasteiger charge is -2.19. The van der Waals surface area contributed by atoms with Crippen molar-refractivity contribution in [2.24, 2.45) is 0 Å². The minimum atomic E-state index is 0.530. The molecule has 1 rings (SSSR count). The van der Waals surface area contributed by atoms with E-state index in [0.717, 1.165) is 24.3 Å². The maximum Gasteiger partial charge on any atom is 0.142 e. The van der Waals surface area contributed by atoms with Gasteiger partial charge in [0.2, 0.25) is 0 Å². The average molecular weight is 221 g/mol. The predicted octanol–water partition coefficient (Wildman–Crippen LogP) is 3.99. The monoisotopic (exact) mass is 221 g/mol. The Hall–Kier alpha value is -1.18. The minimum Gasteiger partial charge on any atom is -0.492 e. The molecule has 2 nitrogen and oxygen atoms in total. The van der Waals surface area contributed by atoms with E-state index in [4.69, 9.17) is 4.74 Å². The summed E-state index contributed by atoms with van der Waals surface area (Å²) in [6, 6.07) is 6.85. The summed E-state index contributed by atoms with van der Waals surface area (Å²) in [6.45, 7) is 9.22. The second-order valence-electron chi connectivity index (χ2n) is 4.09. The minimum absolute atomic E-state index is 0.530. The van der Waals surface area contributed by atoms with Crippen molar-refractivity contribution in [3.63, 3.8) is 0 Å². The van der Waals surface area contributed by atoms with E-state index in [1.165, 1.54) is 5.56 Å². The Balaban J connectivity index is 2.84. The molecule has 0 amide bonds. The Morgan fingerprint density at radius 3 is 2.44 bits per heavy atom. The third kappa shape index (κ3) is 3.44. The fourth-order valence-electron chi connectivity index (χ4n) is 1.74. The van der Waals surface area contributed by atoms with Gasteiger partial charge >= 0.3 is 0 Å². The number of ether oxygens (including phenoxy) is 1. The van der Waals surface area contributed by atoms with Crippen LogP contribution in [0.3, 0.4) is 0 Å². The molecule has 90 valence electrons. The number of hydrogen-bond donors (Lipinski definition) is 1. The second-order valence-corrected chi connectivity index (χ2v) is 4.09. The summed E-state index contributed by atoms with van der Waals surface area (Å²) in [6.07, 6.45) is 2.27. The van der Waals surface area contributed by atoms with Crippen LogP contribution in [-0.2, 0) is 0 Å². The normalized spacial score (nSPS) is 10.6. The Labute approximate surface area is 99.0 Å². The van der Waals surface area contributed by atoms with E-state index in [0.29, 0.717) is 12.6 Å². The van der Waals surface area contributed by atoms with E-state index in [9.17, 15) is 0 Å². The van der Waals surface area contributed by atoms with Crippen LogP contribution >= 0.6 is 0 Å². The van der Waals surface area contributed by atoms with Gasteiger partial charge in [0, 0.05) is 6.04 Å². The first-order chi connectivity index (χ1) is 7.71. The summed E-state index contributed by atoms with van der Waals surface area (Å²) in [5.41, 5.74) is 2.35. The number of anilines is 1. The van der Waals surface area contributed by atoms with Gasteiger partial charge in [-0.1, -0.05) is 19.9 Å². The van der Waals surface area contributed by atoms with Gasteiger partial charge in [0.05, 0.1) is 12.3 Å². The summed E-state index contributed by atoms with van der Waals surface area (Å²) < 4.78 is 5.65. The highest BCUT2D eigenvalue weighted by atomic mass is 16.5. The van der Waals surface area contributed by atoms with E-state index in [1.54, 1.807) is 0 Å². The van der Waals surface area contributed by atoms with Crippen LogP contribution in [0.1, 0.15) is 39.2 Å². The predicted molar refractivity (Wildman–Crippen MR) is 70.3 cm³/mol. The molecule has 16 heavy (non-hydrogen) atoms. The molecule has 1 N–H and O–H groups in total. The lowest BCUT2D eigenvalue weighted by molar-refractivity contribution is 0.341. The van der Waals surface area contributed by atoms with Crippen LogP contribution in [0.2, 0.25) is 0 Å². The first-order valence-corrected chi connectivity index (χ1v) is 6.21. The highest BCUT2D eigenvalue weighted by Crippen LogP contribution is 2.27. The Morgan fingerprint density at radius 2 is 1.88 bits per heavy atom. The van der Waals surface area contributed by atoms with Gasteiger partial charge in [0.1, 0.15) is 5.75 Å². The number of nitrogens with one attached hydrogen (secondary N) is 1. The standard InChI is InChI=1S/C14H23NO/c1-5-12(6-2)15-13-9-8-11(4)10-14(13)16-7-3/h8-10,12,15H,5-7H2,1-4H3. The lowest BCUT2D eigenvalue weighted by Crippen LogP contribution is -2.17. The van der Waals surface area contributed by atoms with Gasteiger partial charge in [-0.05, 0) is 44.4 Å². The highest BCUT2D eigenvalue weighted by Gasteiger charge is 2.08. The molecule has 0 aromatic heterocycles. The first kappa shape index (κ1) is 12.9. The van der Waals surface area contributed by atoms with Gasteiger partial charge in [-0.25, -0.2) is 0 Å².